The van der Waals surface area contributed by atoms with Crippen molar-refractivity contribution < 1.29 is 0 Å². The van der Waals surface area contributed by atoms with E-state index in [2.05, 4.69) is 24.6 Å². The molecule has 5 nitrogen and oxygen atoms in total. The fourth-order valence-corrected chi connectivity index (χ4v) is 2.67. The van der Waals surface area contributed by atoms with E-state index in [9.17, 15) is 0 Å². The van der Waals surface area contributed by atoms with Gasteiger partial charge in [0.2, 0.25) is 0 Å². The first-order chi connectivity index (χ1) is 8.69. The molecule has 3 rings (SSSR count). The summed E-state index contributed by atoms with van der Waals surface area (Å²) in [5.74, 6) is 0.818. The molecule has 3 heterocycles. The van der Waals surface area contributed by atoms with Gasteiger partial charge in [0.15, 0.2) is 5.65 Å². The summed E-state index contributed by atoms with van der Waals surface area (Å²) in [6.45, 7) is 3.95. The Kier molecular flexibility index (Phi) is 2.52. The van der Waals surface area contributed by atoms with Gasteiger partial charge in [0.05, 0.1) is 16.8 Å². The lowest BCUT2D eigenvalue weighted by Crippen LogP contribution is -1.89. The standard InChI is InChI=1S/C12H13N5S/c1-6-4-5-8-10(14-6)16-11(15-8)9-7(2)17-18-12(9)13-3/h4-5,13H,1-3H3,(H,14,15,16). The Morgan fingerprint density at radius 1 is 1.22 bits per heavy atom. The van der Waals surface area contributed by atoms with Gasteiger partial charge in [-0.3, -0.25) is 0 Å². The summed E-state index contributed by atoms with van der Waals surface area (Å²) in [7, 11) is 1.89. The zero-order valence-electron chi connectivity index (χ0n) is 10.4. The van der Waals surface area contributed by atoms with Gasteiger partial charge in [0.1, 0.15) is 10.8 Å². The molecule has 0 bridgehead atoms. The van der Waals surface area contributed by atoms with Crippen LogP contribution in [0.4, 0.5) is 5.00 Å². The Bertz CT molecular complexity index is 712. The van der Waals surface area contributed by atoms with Crippen molar-refractivity contribution in [3.63, 3.8) is 0 Å². The quantitative estimate of drug-likeness (QED) is 0.742. The predicted molar refractivity (Wildman–Crippen MR) is 74.0 cm³/mol. The number of H-pyrrole nitrogens is 1. The number of aromatic amines is 1. The molecule has 0 aromatic carbocycles. The highest BCUT2D eigenvalue weighted by Gasteiger charge is 2.15. The second-order valence-corrected chi connectivity index (χ2v) is 4.90. The van der Waals surface area contributed by atoms with Crippen LogP contribution in [0.5, 0.6) is 0 Å². The molecule has 0 saturated heterocycles. The third-order valence-corrected chi connectivity index (χ3v) is 3.77. The van der Waals surface area contributed by atoms with Crippen LogP contribution in [-0.2, 0) is 0 Å². The van der Waals surface area contributed by atoms with Gasteiger partial charge in [-0.15, -0.1) is 0 Å². The van der Waals surface area contributed by atoms with Crippen LogP contribution in [0.2, 0.25) is 0 Å². The summed E-state index contributed by atoms with van der Waals surface area (Å²) < 4.78 is 4.35. The second kappa shape index (κ2) is 4.06. The fourth-order valence-electron chi connectivity index (χ4n) is 1.92. The van der Waals surface area contributed by atoms with Crippen LogP contribution in [0.3, 0.4) is 0 Å². The summed E-state index contributed by atoms with van der Waals surface area (Å²) in [5.41, 5.74) is 4.66. The molecule has 92 valence electrons. The molecule has 0 aliphatic heterocycles. The van der Waals surface area contributed by atoms with Gasteiger partial charge in [-0.1, -0.05) is 0 Å². The van der Waals surface area contributed by atoms with E-state index in [4.69, 9.17) is 0 Å². The average Bonchev–Trinajstić information content (AvgIpc) is 2.91. The van der Waals surface area contributed by atoms with E-state index in [-0.39, 0.29) is 0 Å². The van der Waals surface area contributed by atoms with Gasteiger partial charge in [-0.25, -0.2) is 9.97 Å². The Balaban J connectivity index is 2.22. The first-order valence-electron chi connectivity index (χ1n) is 5.67. The summed E-state index contributed by atoms with van der Waals surface area (Å²) in [6.07, 6.45) is 0. The summed E-state index contributed by atoms with van der Waals surface area (Å²) in [4.78, 5) is 12.3. The number of hydrogen-bond donors (Lipinski definition) is 2. The highest BCUT2D eigenvalue weighted by Crippen LogP contribution is 2.33. The highest BCUT2D eigenvalue weighted by molar-refractivity contribution is 7.10. The van der Waals surface area contributed by atoms with Crippen LogP contribution < -0.4 is 5.32 Å². The number of hydrogen-bond acceptors (Lipinski definition) is 5. The van der Waals surface area contributed by atoms with Crippen molar-refractivity contribution >= 4 is 27.7 Å². The van der Waals surface area contributed by atoms with Crippen molar-refractivity contribution in [2.45, 2.75) is 13.8 Å². The average molecular weight is 259 g/mol. The minimum absolute atomic E-state index is 0.748. The van der Waals surface area contributed by atoms with Crippen molar-refractivity contribution in [2.24, 2.45) is 0 Å². The molecule has 0 radical (unpaired) electrons. The van der Waals surface area contributed by atoms with E-state index in [1.54, 1.807) is 0 Å². The molecule has 6 heteroatoms. The minimum atomic E-state index is 0.748. The van der Waals surface area contributed by atoms with Crippen LogP contribution in [-0.4, -0.2) is 26.4 Å². The smallest absolute Gasteiger partial charge is 0.178 e. The van der Waals surface area contributed by atoms with Gasteiger partial charge >= 0.3 is 0 Å². The third kappa shape index (κ3) is 1.65. The third-order valence-electron chi connectivity index (χ3n) is 2.81. The molecule has 2 N–H and O–H groups in total. The molecule has 18 heavy (non-hydrogen) atoms. The maximum Gasteiger partial charge on any atom is 0.178 e. The number of imidazole rings is 1. The number of nitrogens with zero attached hydrogens (tertiary/aromatic N) is 3. The summed E-state index contributed by atoms with van der Waals surface area (Å²) in [6, 6.07) is 3.98. The Labute approximate surface area is 108 Å². The Hall–Kier alpha value is -1.95. The number of aromatic nitrogens is 4. The minimum Gasteiger partial charge on any atom is -0.378 e. The van der Waals surface area contributed by atoms with Crippen LogP contribution in [0.15, 0.2) is 12.1 Å². The summed E-state index contributed by atoms with van der Waals surface area (Å²) >= 11 is 1.44. The molecule has 0 amide bonds. The van der Waals surface area contributed by atoms with Crippen molar-refractivity contribution in [2.75, 3.05) is 12.4 Å². The van der Waals surface area contributed by atoms with Crippen LogP contribution >= 0.6 is 11.5 Å². The molecule has 0 fully saturated rings. The number of anilines is 1. The van der Waals surface area contributed by atoms with E-state index in [0.29, 0.717) is 0 Å². The van der Waals surface area contributed by atoms with E-state index >= 15 is 0 Å². The van der Waals surface area contributed by atoms with E-state index in [0.717, 1.165) is 38.9 Å². The van der Waals surface area contributed by atoms with Crippen molar-refractivity contribution in [3.05, 3.63) is 23.5 Å². The largest absolute Gasteiger partial charge is 0.378 e. The molecule has 0 atom stereocenters. The Morgan fingerprint density at radius 3 is 2.83 bits per heavy atom. The van der Waals surface area contributed by atoms with E-state index in [1.807, 2.05) is 33.0 Å². The molecule has 0 aliphatic carbocycles. The van der Waals surface area contributed by atoms with Crippen molar-refractivity contribution in [1.82, 2.24) is 19.3 Å². The van der Waals surface area contributed by atoms with Gasteiger partial charge < -0.3 is 10.3 Å². The molecule has 0 aliphatic rings. The fraction of sp³-hybridized carbons (Fsp3) is 0.250. The topological polar surface area (TPSA) is 66.5 Å². The first-order valence-corrected chi connectivity index (χ1v) is 6.44. The first kappa shape index (κ1) is 11.2. The number of rotatable bonds is 2. The molecule has 0 spiro atoms. The summed E-state index contributed by atoms with van der Waals surface area (Å²) in [5, 5.41) is 4.16. The number of fused-ring (bicyclic) bond motifs is 1. The van der Waals surface area contributed by atoms with Crippen molar-refractivity contribution in [1.29, 1.82) is 0 Å². The lowest BCUT2D eigenvalue weighted by molar-refractivity contribution is 1.22. The van der Waals surface area contributed by atoms with Gasteiger partial charge in [0.25, 0.3) is 0 Å². The molecule has 0 saturated carbocycles. The normalized spacial score (nSPS) is 11.1. The lowest BCUT2D eigenvalue weighted by Gasteiger charge is -1.98. The van der Waals surface area contributed by atoms with Gasteiger partial charge in [0, 0.05) is 12.7 Å². The molecular weight excluding hydrogens is 246 g/mol. The van der Waals surface area contributed by atoms with Gasteiger partial charge in [-0.05, 0) is 37.5 Å². The molecule has 3 aromatic rings. The maximum atomic E-state index is 4.55. The number of nitrogens with one attached hydrogen (secondary N) is 2. The van der Waals surface area contributed by atoms with Crippen molar-refractivity contribution in [3.8, 4) is 11.4 Å². The lowest BCUT2D eigenvalue weighted by atomic mass is 10.2. The highest BCUT2D eigenvalue weighted by atomic mass is 32.1. The SMILES string of the molecule is CNc1snc(C)c1-c1nc2nc(C)ccc2[nH]1. The second-order valence-electron chi connectivity index (χ2n) is 4.13. The van der Waals surface area contributed by atoms with Crippen LogP contribution in [0.1, 0.15) is 11.4 Å². The van der Waals surface area contributed by atoms with Crippen LogP contribution in [0, 0.1) is 13.8 Å². The monoisotopic (exact) mass is 259 g/mol. The molecular formula is C12H13N5S. The van der Waals surface area contributed by atoms with Crippen LogP contribution in [0.25, 0.3) is 22.6 Å². The van der Waals surface area contributed by atoms with E-state index in [1.165, 1.54) is 11.5 Å². The predicted octanol–water partition coefficient (Wildman–Crippen LogP) is 2.74. The number of pyridine rings is 1. The number of aryl methyl sites for hydroxylation is 2. The Morgan fingerprint density at radius 2 is 2.06 bits per heavy atom. The maximum absolute atomic E-state index is 4.55. The molecule has 3 aromatic heterocycles. The zero-order valence-corrected chi connectivity index (χ0v) is 11.2. The van der Waals surface area contributed by atoms with E-state index < -0.39 is 0 Å². The molecule has 0 unspecified atom stereocenters. The van der Waals surface area contributed by atoms with Gasteiger partial charge in [-0.2, -0.15) is 4.37 Å². The zero-order chi connectivity index (χ0) is 12.7.